The second kappa shape index (κ2) is 4.82. The van der Waals surface area contributed by atoms with Crippen molar-refractivity contribution >= 4 is 5.97 Å². The maximum absolute atomic E-state index is 10.4. The van der Waals surface area contributed by atoms with Crippen LogP contribution in [0.15, 0.2) is 0 Å². The van der Waals surface area contributed by atoms with Crippen LogP contribution in [0.5, 0.6) is 5.88 Å². The number of methoxy groups -OCH3 is 1. The van der Waals surface area contributed by atoms with E-state index in [0.29, 0.717) is 12.8 Å². The van der Waals surface area contributed by atoms with E-state index in [1.165, 1.54) is 0 Å². The summed E-state index contributed by atoms with van der Waals surface area (Å²) in [6.07, 6.45) is 1.48. The van der Waals surface area contributed by atoms with Gasteiger partial charge in [-0.25, -0.2) is 4.68 Å². The third-order valence-corrected chi connectivity index (χ3v) is 2.30. The predicted molar refractivity (Wildman–Crippen MR) is 55.1 cm³/mol. The maximum atomic E-state index is 10.4. The SMILES string of the molecule is COc1c(CCCC(=O)O)c(C)nn1C. The minimum atomic E-state index is -0.768. The molecule has 0 unspecified atom stereocenters. The van der Waals surface area contributed by atoms with Crippen molar-refractivity contribution in [2.24, 2.45) is 7.05 Å². The van der Waals surface area contributed by atoms with Crippen molar-refractivity contribution in [3.63, 3.8) is 0 Å². The first-order valence-corrected chi connectivity index (χ1v) is 4.84. The molecule has 84 valence electrons. The van der Waals surface area contributed by atoms with Crippen LogP contribution in [0.2, 0.25) is 0 Å². The first kappa shape index (κ1) is 11.6. The summed E-state index contributed by atoms with van der Waals surface area (Å²) in [5, 5.41) is 12.8. The molecule has 1 rings (SSSR count). The van der Waals surface area contributed by atoms with Gasteiger partial charge in [-0.05, 0) is 19.8 Å². The van der Waals surface area contributed by atoms with E-state index < -0.39 is 5.97 Å². The number of aryl methyl sites for hydroxylation is 2. The van der Waals surface area contributed by atoms with Crippen LogP contribution in [-0.4, -0.2) is 28.0 Å². The van der Waals surface area contributed by atoms with Crippen LogP contribution in [0.4, 0.5) is 0 Å². The maximum Gasteiger partial charge on any atom is 0.303 e. The van der Waals surface area contributed by atoms with Gasteiger partial charge in [0.15, 0.2) is 0 Å². The Balaban J connectivity index is 2.71. The van der Waals surface area contributed by atoms with Crippen LogP contribution in [0.3, 0.4) is 0 Å². The zero-order valence-corrected chi connectivity index (χ0v) is 9.28. The minimum Gasteiger partial charge on any atom is -0.481 e. The zero-order valence-electron chi connectivity index (χ0n) is 9.28. The lowest BCUT2D eigenvalue weighted by Crippen LogP contribution is -1.99. The number of aromatic nitrogens is 2. The predicted octanol–water partition coefficient (Wildman–Crippen LogP) is 1.14. The Kier molecular flexibility index (Phi) is 3.71. The van der Waals surface area contributed by atoms with Gasteiger partial charge in [-0.2, -0.15) is 5.10 Å². The van der Waals surface area contributed by atoms with E-state index in [-0.39, 0.29) is 6.42 Å². The minimum absolute atomic E-state index is 0.178. The molecule has 0 amide bonds. The van der Waals surface area contributed by atoms with Gasteiger partial charge in [-0.15, -0.1) is 0 Å². The number of ether oxygens (including phenoxy) is 1. The molecule has 0 saturated heterocycles. The average molecular weight is 212 g/mol. The van der Waals surface area contributed by atoms with Gasteiger partial charge >= 0.3 is 5.97 Å². The van der Waals surface area contributed by atoms with Crippen molar-refractivity contribution in [3.05, 3.63) is 11.3 Å². The number of nitrogens with zero attached hydrogens (tertiary/aromatic N) is 2. The van der Waals surface area contributed by atoms with Crippen molar-refractivity contribution in [2.75, 3.05) is 7.11 Å². The average Bonchev–Trinajstić information content (AvgIpc) is 2.41. The first-order chi connectivity index (χ1) is 7.06. The van der Waals surface area contributed by atoms with Crippen molar-refractivity contribution in [2.45, 2.75) is 26.2 Å². The van der Waals surface area contributed by atoms with E-state index in [2.05, 4.69) is 5.10 Å². The zero-order chi connectivity index (χ0) is 11.4. The monoisotopic (exact) mass is 212 g/mol. The van der Waals surface area contributed by atoms with Crippen molar-refractivity contribution in [1.29, 1.82) is 0 Å². The standard InChI is InChI=1S/C10H16N2O3/c1-7-8(5-4-6-9(13)14)10(15-3)12(2)11-7/h4-6H2,1-3H3,(H,13,14). The number of carbonyl (C=O) groups is 1. The van der Waals surface area contributed by atoms with Gasteiger partial charge in [-0.3, -0.25) is 4.79 Å². The van der Waals surface area contributed by atoms with E-state index in [1.54, 1.807) is 11.8 Å². The van der Waals surface area contributed by atoms with Gasteiger partial charge in [0.05, 0.1) is 12.8 Å². The molecule has 1 aromatic heterocycles. The van der Waals surface area contributed by atoms with E-state index in [4.69, 9.17) is 9.84 Å². The third-order valence-electron chi connectivity index (χ3n) is 2.30. The molecule has 0 spiro atoms. The molecule has 0 aromatic carbocycles. The molecule has 15 heavy (non-hydrogen) atoms. The normalized spacial score (nSPS) is 10.3. The summed E-state index contributed by atoms with van der Waals surface area (Å²) in [6, 6.07) is 0. The summed E-state index contributed by atoms with van der Waals surface area (Å²) in [5.41, 5.74) is 1.90. The molecular weight excluding hydrogens is 196 g/mol. The highest BCUT2D eigenvalue weighted by Crippen LogP contribution is 2.22. The summed E-state index contributed by atoms with van der Waals surface area (Å²) in [5.74, 6) is -0.0478. The quantitative estimate of drug-likeness (QED) is 0.795. The molecule has 1 heterocycles. The van der Waals surface area contributed by atoms with Gasteiger partial charge in [0.2, 0.25) is 5.88 Å². The summed E-state index contributed by atoms with van der Waals surface area (Å²) in [7, 11) is 3.41. The van der Waals surface area contributed by atoms with Crippen molar-refractivity contribution in [1.82, 2.24) is 9.78 Å². The van der Waals surface area contributed by atoms with Crippen molar-refractivity contribution in [3.8, 4) is 5.88 Å². The number of aliphatic carboxylic acids is 1. The smallest absolute Gasteiger partial charge is 0.303 e. The molecular formula is C10H16N2O3. The lowest BCUT2D eigenvalue weighted by molar-refractivity contribution is -0.137. The van der Waals surface area contributed by atoms with Crippen molar-refractivity contribution < 1.29 is 14.6 Å². The highest BCUT2D eigenvalue weighted by atomic mass is 16.5. The van der Waals surface area contributed by atoms with Crippen LogP contribution in [0.1, 0.15) is 24.1 Å². The summed E-state index contributed by atoms with van der Waals surface area (Å²) in [4.78, 5) is 10.4. The second-order valence-electron chi connectivity index (χ2n) is 3.44. The fourth-order valence-electron chi connectivity index (χ4n) is 1.64. The van der Waals surface area contributed by atoms with Crippen LogP contribution in [-0.2, 0) is 18.3 Å². The second-order valence-corrected chi connectivity index (χ2v) is 3.44. The summed E-state index contributed by atoms with van der Waals surface area (Å²) in [6.45, 7) is 1.90. The molecule has 0 aliphatic heterocycles. The van der Waals surface area contributed by atoms with Gasteiger partial charge in [0.1, 0.15) is 0 Å². The molecule has 5 nitrogen and oxygen atoms in total. The van der Waals surface area contributed by atoms with E-state index in [9.17, 15) is 4.79 Å². The van der Waals surface area contributed by atoms with Crippen LogP contribution in [0.25, 0.3) is 0 Å². The lowest BCUT2D eigenvalue weighted by atomic mass is 10.1. The molecule has 0 atom stereocenters. The number of hydrogen-bond donors (Lipinski definition) is 1. The van der Waals surface area contributed by atoms with Gasteiger partial charge in [0, 0.05) is 19.0 Å². The Morgan fingerprint density at radius 1 is 1.60 bits per heavy atom. The molecule has 5 heteroatoms. The number of hydrogen-bond acceptors (Lipinski definition) is 3. The number of rotatable bonds is 5. The lowest BCUT2D eigenvalue weighted by Gasteiger charge is -2.03. The summed E-state index contributed by atoms with van der Waals surface area (Å²) < 4.78 is 6.88. The van der Waals surface area contributed by atoms with E-state index in [0.717, 1.165) is 17.1 Å². The molecule has 0 fully saturated rings. The van der Waals surface area contributed by atoms with E-state index >= 15 is 0 Å². The Bertz CT molecular complexity index is 358. The fraction of sp³-hybridized carbons (Fsp3) is 0.600. The summed E-state index contributed by atoms with van der Waals surface area (Å²) >= 11 is 0. The topological polar surface area (TPSA) is 64.3 Å². The fourth-order valence-corrected chi connectivity index (χ4v) is 1.64. The van der Waals surface area contributed by atoms with Crippen LogP contribution < -0.4 is 4.74 Å². The molecule has 0 bridgehead atoms. The molecule has 0 aliphatic carbocycles. The Labute approximate surface area is 88.7 Å². The van der Waals surface area contributed by atoms with Gasteiger partial charge in [-0.1, -0.05) is 0 Å². The Morgan fingerprint density at radius 2 is 2.27 bits per heavy atom. The van der Waals surface area contributed by atoms with E-state index in [1.807, 2.05) is 14.0 Å². The molecule has 0 saturated carbocycles. The van der Waals surface area contributed by atoms with Crippen LogP contribution >= 0.6 is 0 Å². The van der Waals surface area contributed by atoms with Gasteiger partial charge < -0.3 is 9.84 Å². The highest BCUT2D eigenvalue weighted by Gasteiger charge is 2.13. The Hall–Kier alpha value is -1.52. The molecule has 0 radical (unpaired) electrons. The molecule has 0 aliphatic rings. The highest BCUT2D eigenvalue weighted by molar-refractivity contribution is 5.66. The largest absolute Gasteiger partial charge is 0.481 e. The Morgan fingerprint density at radius 3 is 2.80 bits per heavy atom. The third kappa shape index (κ3) is 2.71. The number of carboxylic acids is 1. The van der Waals surface area contributed by atoms with Crippen LogP contribution in [0, 0.1) is 6.92 Å². The first-order valence-electron chi connectivity index (χ1n) is 4.84. The molecule has 1 N–H and O–H groups in total. The molecule has 1 aromatic rings. The number of carboxylic acid groups (broad SMARTS) is 1. The van der Waals surface area contributed by atoms with Gasteiger partial charge in [0.25, 0.3) is 0 Å².